The second-order valence-electron chi connectivity index (χ2n) is 8.78. The fraction of sp³-hybridized carbons (Fsp3) is 0.682. The average Bonchev–Trinajstić information content (AvgIpc) is 3.07. The van der Waals surface area contributed by atoms with Crippen molar-refractivity contribution < 1.29 is 28.6 Å². The van der Waals surface area contributed by atoms with Crippen LogP contribution >= 0.6 is 0 Å². The molecule has 0 radical (unpaired) electrons. The standard InChI is InChI=1S/C22H30O6/c1-7-12(2)19(24)28-16-9-8-13(3)21(6)11-22(14(4)10-26-20(22)25)18(17(16)21)27-15(5)23/h7,13,16-18H,4,8-11H2,1-3,5-6H3/b12-7-/t13?,16?,17-,18?,21-,22-/m1/s1. The molecule has 28 heavy (non-hydrogen) atoms. The Kier molecular flexibility index (Phi) is 5.19. The van der Waals surface area contributed by atoms with Gasteiger partial charge >= 0.3 is 17.9 Å². The van der Waals surface area contributed by atoms with E-state index >= 15 is 0 Å². The molecule has 0 aromatic rings. The van der Waals surface area contributed by atoms with Crippen molar-refractivity contribution in [2.24, 2.45) is 22.7 Å². The normalized spacial score (nSPS) is 40.2. The summed E-state index contributed by atoms with van der Waals surface area (Å²) >= 11 is 0. The number of allylic oxidation sites excluding steroid dienone is 1. The number of esters is 3. The van der Waals surface area contributed by atoms with Gasteiger partial charge in [-0.3, -0.25) is 9.59 Å². The van der Waals surface area contributed by atoms with Gasteiger partial charge in [0.2, 0.25) is 0 Å². The van der Waals surface area contributed by atoms with E-state index in [1.54, 1.807) is 19.9 Å². The predicted octanol–water partition coefficient (Wildman–Crippen LogP) is 3.35. The predicted molar refractivity (Wildman–Crippen MR) is 102 cm³/mol. The van der Waals surface area contributed by atoms with Gasteiger partial charge in [-0.05, 0) is 50.0 Å². The molecule has 0 aromatic carbocycles. The lowest BCUT2D eigenvalue weighted by Crippen LogP contribution is -2.50. The minimum absolute atomic E-state index is 0.135. The molecule has 2 aliphatic carbocycles. The number of hydrogen-bond acceptors (Lipinski definition) is 6. The molecule has 0 aromatic heterocycles. The van der Waals surface area contributed by atoms with Crippen LogP contribution in [-0.4, -0.2) is 36.7 Å². The van der Waals surface area contributed by atoms with Crippen LogP contribution < -0.4 is 0 Å². The quantitative estimate of drug-likeness (QED) is 0.318. The Bertz CT molecular complexity index is 734. The van der Waals surface area contributed by atoms with Gasteiger partial charge in [0.1, 0.15) is 24.2 Å². The van der Waals surface area contributed by atoms with Crippen molar-refractivity contribution >= 4 is 17.9 Å². The molecule has 2 saturated carbocycles. The largest absolute Gasteiger partial charge is 0.461 e. The summed E-state index contributed by atoms with van der Waals surface area (Å²) in [5.41, 5.74) is -0.244. The van der Waals surface area contributed by atoms with Gasteiger partial charge in [0.25, 0.3) is 0 Å². The number of hydrogen-bond donors (Lipinski definition) is 0. The highest BCUT2D eigenvalue weighted by atomic mass is 16.6. The first-order valence-electron chi connectivity index (χ1n) is 9.94. The SMILES string of the molecule is C=C1COC(=O)[C@]12C[C@]1(C)C(C)CCC(OC(=O)/C(C)=C\C)[C@@H]1C2OC(C)=O. The van der Waals surface area contributed by atoms with Crippen LogP contribution in [0.2, 0.25) is 0 Å². The Balaban J connectivity index is 2.07. The molecule has 154 valence electrons. The Hall–Kier alpha value is -2.11. The van der Waals surface area contributed by atoms with Crippen LogP contribution in [0.4, 0.5) is 0 Å². The van der Waals surface area contributed by atoms with Gasteiger partial charge in [0, 0.05) is 18.4 Å². The molecule has 3 fully saturated rings. The number of cyclic esters (lactones) is 1. The van der Waals surface area contributed by atoms with E-state index < -0.39 is 23.6 Å². The van der Waals surface area contributed by atoms with Crippen molar-refractivity contribution in [3.05, 3.63) is 23.8 Å². The highest BCUT2D eigenvalue weighted by Crippen LogP contribution is 2.66. The zero-order valence-corrected chi connectivity index (χ0v) is 17.4. The molecule has 0 bridgehead atoms. The van der Waals surface area contributed by atoms with E-state index in [0.717, 1.165) is 6.42 Å². The Morgan fingerprint density at radius 2 is 1.93 bits per heavy atom. The van der Waals surface area contributed by atoms with Crippen LogP contribution in [0.5, 0.6) is 0 Å². The molecule has 6 atom stereocenters. The highest BCUT2D eigenvalue weighted by molar-refractivity contribution is 5.88. The summed E-state index contributed by atoms with van der Waals surface area (Å²) < 4.78 is 17.0. The number of carbonyl (C=O) groups is 3. The first kappa shape index (κ1) is 20.6. The summed E-state index contributed by atoms with van der Waals surface area (Å²) in [7, 11) is 0. The van der Waals surface area contributed by atoms with E-state index in [4.69, 9.17) is 14.2 Å². The van der Waals surface area contributed by atoms with Crippen molar-refractivity contribution in [3.8, 4) is 0 Å². The smallest absolute Gasteiger partial charge is 0.333 e. The zero-order chi connectivity index (χ0) is 20.9. The van der Waals surface area contributed by atoms with Gasteiger partial charge in [0.05, 0.1) is 0 Å². The van der Waals surface area contributed by atoms with Gasteiger partial charge in [-0.2, -0.15) is 0 Å². The third-order valence-corrected chi connectivity index (χ3v) is 7.32. The molecule has 1 aliphatic heterocycles. The fourth-order valence-electron chi connectivity index (χ4n) is 5.42. The number of ether oxygens (including phenoxy) is 3. The lowest BCUT2D eigenvalue weighted by Gasteiger charge is -2.46. The van der Waals surface area contributed by atoms with Gasteiger partial charge in [-0.1, -0.05) is 26.5 Å². The van der Waals surface area contributed by atoms with E-state index in [0.29, 0.717) is 24.0 Å². The van der Waals surface area contributed by atoms with Crippen LogP contribution in [-0.2, 0) is 28.6 Å². The first-order valence-corrected chi connectivity index (χ1v) is 9.94. The molecule has 3 rings (SSSR count). The molecule has 1 spiro atoms. The summed E-state index contributed by atoms with van der Waals surface area (Å²) in [4.78, 5) is 37.3. The number of fused-ring (bicyclic) bond motifs is 1. The molecular weight excluding hydrogens is 360 g/mol. The summed E-state index contributed by atoms with van der Waals surface area (Å²) in [6.45, 7) is 13.3. The summed E-state index contributed by atoms with van der Waals surface area (Å²) in [5.74, 6) is -1.25. The maximum absolute atomic E-state index is 12.9. The molecular formula is C22H30O6. The van der Waals surface area contributed by atoms with Crippen LogP contribution in [0.25, 0.3) is 0 Å². The van der Waals surface area contributed by atoms with Gasteiger partial charge in [-0.25, -0.2) is 4.79 Å². The van der Waals surface area contributed by atoms with Crippen molar-refractivity contribution in [2.45, 2.75) is 66.1 Å². The second kappa shape index (κ2) is 7.05. The van der Waals surface area contributed by atoms with Gasteiger partial charge in [0.15, 0.2) is 0 Å². The van der Waals surface area contributed by atoms with Crippen LogP contribution in [0, 0.1) is 22.7 Å². The van der Waals surface area contributed by atoms with E-state index in [9.17, 15) is 14.4 Å². The lowest BCUT2D eigenvalue weighted by molar-refractivity contribution is -0.173. The van der Waals surface area contributed by atoms with E-state index in [1.165, 1.54) is 6.92 Å². The zero-order valence-electron chi connectivity index (χ0n) is 17.4. The Labute approximate surface area is 166 Å². The number of carbonyl (C=O) groups excluding carboxylic acids is 3. The Morgan fingerprint density at radius 3 is 2.46 bits per heavy atom. The maximum Gasteiger partial charge on any atom is 0.333 e. The molecule has 1 heterocycles. The maximum atomic E-state index is 12.9. The minimum atomic E-state index is -1.07. The highest BCUT2D eigenvalue weighted by Gasteiger charge is 2.71. The summed E-state index contributed by atoms with van der Waals surface area (Å²) in [5, 5.41) is 0. The molecule has 1 saturated heterocycles. The second-order valence-corrected chi connectivity index (χ2v) is 8.78. The molecule has 0 N–H and O–H groups in total. The first-order chi connectivity index (χ1) is 13.1. The lowest BCUT2D eigenvalue weighted by atomic mass is 9.61. The van der Waals surface area contributed by atoms with Crippen LogP contribution in [0.15, 0.2) is 23.8 Å². The summed E-state index contributed by atoms with van der Waals surface area (Å²) in [6.07, 6.45) is 2.54. The number of rotatable bonds is 3. The van der Waals surface area contributed by atoms with Crippen molar-refractivity contribution in [3.63, 3.8) is 0 Å². The van der Waals surface area contributed by atoms with E-state index in [1.807, 2.05) is 0 Å². The third-order valence-electron chi connectivity index (χ3n) is 7.32. The fourth-order valence-corrected chi connectivity index (χ4v) is 5.42. The molecule has 6 heteroatoms. The van der Waals surface area contributed by atoms with Crippen molar-refractivity contribution in [1.82, 2.24) is 0 Å². The average molecular weight is 390 g/mol. The molecule has 3 unspecified atom stereocenters. The monoisotopic (exact) mass is 390 g/mol. The van der Waals surface area contributed by atoms with Crippen LogP contribution in [0.3, 0.4) is 0 Å². The van der Waals surface area contributed by atoms with Crippen LogP contribution in [0.1, 0.15) is 53.9 Å². The minimum Gasteiger partial charge on any atom is -0.461 e. The van der Waals surface area contributed by atoms with Crippen molar-refractivity contribution in [2.75, 3.05) is 6.61 Å². The van der Waals surface area contributed by atoms with E-state index in [-0.39, 0.29) is 35.8 Å². The molecule has 3 aliphatic rings. The third kappa shape index (κ3) is 2.88. The van der Waals surface area contributed by atoms with Gasteiger partial charge < -0.3 is 14.2 Å². The molecule has 0 amide bonds. The summed E-state index contributed by atoms with van der Waals surface area (Å²) in [6, 6.07) is 0. The van der Waals surface area contributed by atoms with Gasteiger partial charge in [-0.15, -0.1) is 0 Å². The topological polar surface area (TPSA) is 78.9 Å². The Morgan fingerprint density at radius 1 is 1.25 bits per heavy atom. The van der Waals surface area contributed by atoms with E-state index in [2.05, 4.69) is 20.4 Å². The molecule has 6 nitrogen and oxygen atoms in total. The van der Waals surface area contributed by atoms with Crippen molar-refractivity contribution in [1.29, 1.82) is 0 Å².